The normalized spacial score (nSPS) is 10.8. The highest BCUT2D eigenvalue weighted by atomic mass is 16.5. The Morgan fingerprint density at radius 3 is 2.76 bits per heavy atom. The minimum Gasteiger partial charge on any atom is -0.491 e. The quantitative estimate of drug-likeness (QED) is 0.789. The lowest BCUT2D eigenvalue weighted by Crippen LogP contribution is -2.09. The molecule has 2 aromatic rings. The lowest BCUT2D eigenvalue weighted by atomic mass is 10.0. The molecule has 90 valence electrons. The first kappa shape index (κ1) is 11.7. The van der Waals surface area contributed by atoms with E-state index in [0.29, 0.717) is 12.5 Å². The third kappa shape index (κ3) is 3.09. The number of nitrogens with zero attached hydrogens (tertiary/aromatic N) is 2. The molecule has 0 bridgehead atoms. The standard InChI is InChI=1S/C14H18N2O/c1-12(2)13-6-3-4-7-14(13)17-11-10-16-9-5-8-15-16/h3-9,12H,10-11H2,1-2H3. The van der Waals surface area contributed by atoms with Crippen molar-refractivity contribution in [1.29, 1.82) is 0 Å². The second-order valence-corrected chi connectivity index (χ2v) is 4.31. The molecular formula is C14H18N2O. The summed E-state index contributed by atoms with van der Waals surface area (Å²) in [6.45, 7) is 5.77. The van der Waals surface area contributed by atoms with Crippen LogP contribution in [0.2, 0.25) is 0 Å². The molecule has 0 fully saturated rings. The molecular weight excluding hydrogens is 212 g/mol. The SMILES string of the molecule is CC(C)c1ccccc1OCCn1cccn1. The van der Waals surface area contributed by atoms with E-state index in [-0.39, 0.29) is 0 Å². The van der Waals surface area contributed by atoms with Crippen molar-refractivity contribution in [3.05, 3.63) is 48.3 Å². The molecule has 0 radical (unpaired) electrons. The lowest BCUT2D eigenvalue weighted by Gasteiger charge is -2.13. The maximum absolute atomic E-state index is 5.81. The summed E-state index contributed by atoms with van der Waals surface area (Å²) in [5.41, 5.74) is 1.26. The van der Waals surface area contributed by atoms with Gasteiger partial charge < -0.3 is 4.74 Å². The number of ether oxygens (including phenoxy) is 1. The molecule has 0 saturated carbocycles. The number of para-hydroxylation sites is 1. The molecule has 1 heterocycles. The van der Waals surface area contributed by atoms with Crippen LogP contribution in [0.3, 0.4) is 0 Å². The first-order chi connectivity index (χ1) is 8.27. The zero-order chi connectivity index (χ0) is 12.1. The fraction of sp³-hybridized carbons (Fsp3) is 0.357. The van der Waals surface area contributed by atoms with Gasteiger partial charge in [-0.3, -0.25) is 4.68 Å². The van der Waals surface area contributed by atoms with Crippen molar-refractivity contribution in [2.75, 3.05) is 6.61 Å². The van der Waals surface area contributed by atoms with Crippen molar-refractivity contribution >= 4 is 0 Å². The molecule has 0 spiro atoms. The second-order valence-electron chi connectivity index (χ2n) is 4.31. The van der Waals surface area contributed by atoms with Crippen LogP contribution in [0.15, 0.2) is 42.7 Å². The molecule has 0 atom stereocenters. The Balaban J connectivity index is 1.94. The Labute approximate surface area is 102 Å². The average molecular weight is 230 g/mol. The highest BCUT2D eigenvalue weighted by Gasteiger charge is 2.06. The third-order valence-corrected chi connectivity index (χ3v) is 2.68. The average Bonchev–Trinajstić information content (AvgIpc) is 2.82. The van der Waals surface area contributed by atoms with Gasteiger partial charge in [0.2, 0.25) is 0 Å². The molecule has 0 amide bonds. The van der Waals surface area contributed by atoms with Crippen LogP contribution in [-0.2, 0) is 6.54 Å². The van der Waals surface area contributed by atoms with Crippen LogP contribution in [0, 0.1) is 0 Å². The van der Waals surface area contributed by atoms with Gasteiger partial charge in [0.25, 0.3) is 0 Å². The Bertz CT molecular complexity index is 449. The van der Waals surface area contributed by atoms with E-state index in [1.807, 2.05) is 29.1 Å². The zero-order valence-corrected chi connectivity index (χ0v) is 10.3. The molecule has 0 unspecified atom stereocenters. The summed E-state index contributed by atoms with van der Waals surface area (Å²) >= 11 is 0. The zero-order valence-electron chi connectivity index (χ0n) is 10.3. The Morgan fingerprint density at radius 2 is 2.06 bits per heavy atom. The van der Waals surface area contributed by atoms with Gasteiger partial charge >= 0.3 is 0 Å². The molecule has 2 rings (SSSR count). The van der Waals surface area contributed by atoms with Crippen molar-refractivity contribution < 1.29 is 4.74 Å². The van der Waals surface area contributed by atoms with Gasteiger partial charge in [-0.1, -0.05) is 32.0 Å². The van der Waals surface area contributed by atoms with E-state index < -0.39 is 0 Å². The number of rotatable bonds is 5. The van der Waals surface area contributed by atoms with E-state index >= 15 is 0 Å². The van der Waals surface area contributed by atoms with Gasteiger partial charge in [-0.2, -0.15) is 5.10 Å². The molecule has 0 N–H and O–H groups in total. The molecule has 1 aromatic carbocycles. The Hall–Kier alpha value is -1.77. The van der Waals surface area contributed by atoms with E-state index in [1.54, 1.807) is 6.20 Å². The number of benzene rings is 1. The summed E-state index contributed by atoms with van der Waals surface area (Å²) in [5, 5.41) is 4.14. The van der Waals surface area contributed by atoms with E-state index in [1.165, 1.54) is 5.56 Å². The first-order valence-electron chi connectivity index (χ1n) is 5.96. The van der Waals surface area contributed by atoms with E-state index in [9.17, 15) is 0 Å². The smallest absolute Gasteiger partial charge is 0.122 e. The maximum Gasteiger partial charge on any atom is 0.122 e. The van der Waals surface area contributed by atoms with Crippen LogP contribution < -0.4 is 4.74 Å². The predicted molar refractivity (Wildman–Crippen MR) is 68.3 cm³/mol. The molecule has 17 heavy (non-hydrogen) atoms. The van der Waals surface area contributed by atoms with Crippen molar-refractivity contribution in [3.63, 3.8) is 0 Å². The molecule has 0 saturated heterocycles. The van der Waals surface area contributed by atoms with Crippen LogP contribution >= 0.6 is 0 Å². The van der Waals surface area contributed by atoms with E-state index in [2.05, 4.69) is 31.1 Å². The summed E-state index contributed by atoms with van der Waals surface area (Å²) in [6, 6.07) is 10.1. The van der Waals surface area contributed by atoms with Gasteiger partial charge in [-0.25, -0.2) is 0 Å². The van der Waals surface area contributed by atoms with Crippen LogP contribution in [0.4, 0.5) is 0 Å². The van der Waals surface area contributed by atoms with Gasteiger partial charge in [0.15, 0.2) is 0 Å². The second kappa shape index (κ2) is 5.53. The summed E-state index contributed by atoms with van der Waals surface area (Å²) in [4.78, 5) is 0. The Morgan fingerprint density at radius 1 is 1.24 bits per heavy atom. The highest BCUT2D eigenvalue weighted by Crippen LogP contribution is 2.25. The summed E-state index contributed by atoms with van der Waals surface area (Å²) in [5.74, 6) is 1.46. The van der Waals surface area contributed by atoms with Crippen molar-refractivity contribution in [1.82, 2.24) is 9.78 Å². The largest absolute Gasteiger partial charge is 0.491 e. The van der Waals surface area contributed by atoms with E-state index in [0.717, 1.165) is 12.3 Å². The van der Waals surface area contributed by atoms with Gasteiger partial charge in [-0.15, -0.1) is 0 Å². The van der Waals surface area contributed by atoms with Crippen molar-refractivity contribution in [3.8, 4) is 5.75 Å². The minimum atomic E-state index is 0.482. The van der Waals surface area contributed by atoms with Gasteiger partial charge in [0, 0.05) is 12.4 Å². The fourth-order valence-corrected chi connectivity index (χ4v) is 1.77. The fourth-order valence-electron chi connectivity index (χ4n) is 1.77. The first-order valence-corrected chi connectivity index (χ1v) is 5.96. The lowest BCUT2D eigenvalue weighted by molar-refractivity contribution is 0.287. The highest BCUT2D eigenvalue weighted by molar-refractivity contribution is 5.35. The number of hydrogen-bond acceptors (Lipinski definition) is 2. The van der Waals surface area contributed by atoms with Crippen LogP contribution in [0.5, 0.6) is 5.75 Å². The van der Waals surface area contributed by atoms with E-state index in [4.69, 9.17) is 4.74 Å². The minimum absolute atomic E-state index is 0.482. The van der Waals surface area contributed by atoms with Crippen molar-refractivity contribution in [2.45, 2.75) is 26.3 Å². The molecule has 1 aromatic heterocycles. The molecule has 0 aliphatic carbocycles. The Kier molecular flexibility index (Phi) is 3.81. The van der Waals surface area contributed by atoms with Gasteiger partial charge in [-0.05, 0) is 23.6 Å². The summed E-state index contributed by atoms with van der Waals surface area (Å²) < 4.78 is 7.68. The van der Waals surface area contributed by atoms with Gasteiger partial charge in [0.1, 0.15) is 12.4 Å². The number of hydrogen-bond donors (Lipinski definition) is 0. The monoisotopic (exact) mass is 230 g/mol. The molecule has 3 nitrogen and oxygen atoms in total. The number of aromatic nitrogens is 2. The van der Waals surface area contributed by atoms with Crippen LogP contribution in [0.1, 0.15) is 25.3 Å². The third-order valence-electron chi connectivity index (χ3n) is 2.68. The summed E-state index contributed by atoms with van der Waals surface area (Å²) in [6.07, 6.45) is 3.72. The predicted octanol–water partition coefficient (Wildman–Crippen LogP) is 3.09. The van der Waals surface area contributed by atoms with Gasteiger partial charge in [0.05, 0.1) is 6.54 Å². The molecule has 0 aliphatic heterocycles. The van der Waals surface area contributed by atoms with Crippen molar-refractivity contribution in [2.24, 2.45) is 0 Å². The van der Waals surface area contributed by atoms with Crippen LogP contribution in [-0.4, -0.2) is 16.4 Å². The molecule has 0 aliphatic rings. The van der Waals surface area contributed by atoms with Crippen LogP contribution in [0.25, 0.3) is 0 Å². The molecule has 3 heteroatoms. The summed E-state index contributed by atoms with van der Waals surface area (Å²) in [7, 11) is 0. The maximum atomic E-state index is 5.81. The topological polar surface area (TPSA) is 27.1 Å².